The van der Waals surface area contributed by atoms with E-state index in [2.05, 4.69) is 20.5 Å². The average molecular weight is 220 g/mol. The van der Waals surface area contributed by atoms with Crippen LogP contribution >= 0.6 is 0 Å². The van der Waals surface area contributed by atoms with Crippen LogP contribution in [-0.2, 0) is 13.1 Å². The molecule has 5 heteroatoms. The lowest BCUT2D eigenvalue weighted by molar-refractivity contribution is 0.583. The van der Waals surface area contributed by atoms with Crippen LogP contribution in [0, 0.1) is 12.7 Å². The molecule has 0 spiro atoms. The van der Waals surface area contributed by atoms with Gasteiger partial charge in [-0.05, 0) is 13.0 Å². The molecule has 2 rings (SSSR count). The maximum Gasteiger partial charge on any atom is 0.164 e. The summed E-state index contributed by atoms with van der Waals surface area (Å²) in [6, 6.07) is 6.70. The van der Waals surface area contributed by atoms with Crippen LogP contribution in [0.25, 0.3) is 0 Å². The molecule has 16 heavy (non-hydrogen) atoms. The van der Waals surface area contributed by atoms with E-state index < -0.39 is 0 Å². The van der Waals surface area contributed by atoms with Crippen LogP contribution in [0.2, 0.25) is 0 Å². The minimum atomic E-state index is -0.193. The number of aromatic amines is 1. The molecule has 0 aliphatic rings. The minimum absolute atomic E-state index is 0.193. The van der Waals surface area contributed by atoms with Crippen molar-refractivity contribution in [1.82, 2.24) is 20.5 Å². The number of H-pyrrole nitrogens is 1. The molecule has 1 aromatic heterocycles. The van der Waals surface area contributed by atoms with E-state index in [-0.39, 0.29) is 5.82 Å². The van der Waals surface area contributed by atoms with Gasteiger partial charge in [0, 0.05) is 12.1 Å². The number of nitrogens with one attached hydrogen (secondary N) is 2. The monoisotopic (exact) mass is 220 g/mol. The second kappa shape index (κ2) is 4.85. The van der Waals surface area contributed by atoms with Crippen molar-refractivity contribution in [3.05, 3.63) is 47.3 Å². The van der Waals surface area contributed by atoms with E-state index in [0.29, 0.717) is 24.5 Å². The van der Waals surface area contributed by atoms with Gasteiger partial charge in [0.25, 0.3) is 0 Å². The molecule has 0 fully saturated rings. The molecule has 84 valence electrons. The average Bonchev–Trinajstić information content (AvgIpc) is 2.67. The molecule has 1 heterocycles. The lowest BCUT2D eigenvalue weighted by Gasteiger charge is -2.03. The van der Waals surface area contributed by atoms with Gasteiger partial charge in [-0.1, -0.05) is 18.2 Å². The summed E-state index contributed by atoms with van der Waals surface area (Å²) >= 11 is 0. The van der Waals surface area contributed by atoms with Crippen molar-refractivity contribution in [2.24, 2.45) is 0 Å². The van der Waals surface area contributed by atoms with Crippen LogP contribution < -0.4 is 5.32 Å². The van der Waals surface area contributed by atoms with E-state index in [1.54, 1.807) is 12.1 Å². The number of nitrogens with zero attached hydrogens (tertiary/aromatic N) is 2. The Morgan fingerprint density at radius 1 is 1.31 bits per heavy atom. The molecular formula is C11H13FN4. The van der Waals surface area contributed by atoms with Gasteiger partial charge < -0.3 is 5.32 Å². The standard InChI is InChI=1S/C11H13FN4/c1-8-14-11(16-15-8)7-13-6-9-4-2-3-5-10(9)12/h2-5,13H,6-7H2,1H3,(H,14,15,16). The van der Waals surface area contributed by atoms with Gasteiger partial charge >= 0.3 is 0 Å². The number of hydrogen-bond acceptors (Lipinski definition) is 3. The van der Waals surface area contributed by atoms with Crippen molar-refractivity contribution in [2.45, 2.75) is 20.0 Å². The molecule has 4 nitrogen and oxygen atoms in total. The van der Waals surface area contributed by atoms with E-state index in [1.807, 2.05) is 13.0 Å². The highest BCUT2D eigenvalue weighted by Crippen LogP contribution is 2.05. The highest BCUT2D eigenvalue weighted by molar-refractivity contribution is 5.16. The second-order valence-corrected chi connectivity index (χ2v) is 3.53. The molecule has 2 aromatic rings. The van der Waals surface area contributed by atoms with E-state index in [0.717, 1.165) is 5.82 Å². The summed E-state index contributed by atoms with van der Waals surface area (Å²) in [6.45, 7) is 2.84. The first-order valence-electron chi connectivity index (χ1n) is 5.07. The number of aryl methyl sites for hydroxylation is 1. The van der Waals surface area contributed by atoms with Crippen LogP contribution in [0.5, 0.6) is 0 Å². The fraction of sp³-hybridized carbons (Fsp3) is 0.273. The molecule has 0 atom stereocenters. The van der Waals surface area contributed by atoms with Gasteiger partial charge in [-0.2, -0.15) is 5.10 Å². The third-order valence-electron chi connectivity index (χ3n) is 2.20. The number of benzene rings is 1. The molecule has 0 unspecified atom stereocenters. The van der Waals surface area contributed by atoms with Crippen molar-refractivity contribution >= 4 is 0 Å². The second-order valence-electron chi connectivity index (χ2n) is 3.53. The van der Waals surface area contributed by atoms with Crippen molar-refractivity contribution in [1.29, 1.82) is 0 Å². The smallest absolute Gasteiger partial charge is 0.164 e. The van der Waals surface area contributed by atoms with Crippen molar-refractivity contribution < 1.29 is 4.39 Å². The van der Waals surface area contributed by atoms with E-state index in [1.165, 1.54) is 6.07 Å². The van der Waals surface area contributed by atoms with E-state index in [9.17, 15) is 4.39 Å². The third kappa shape index (κ3) is 2.64. The Balaban J connectivity index is 1.87. The lowest BCUT2D eigenvalue weighted by Crippen LogP contribution is -2.14. The zero-order valence-corrected chi connectivity index (χ0v) is 9.00. The van der Waals surface area contributed by atoms with Gasteiger partial charge in [0.05, 0.1) is 6.54 Å². The Kier molecular flexibility index (Phi) is 3.26. The van der Waals surface area contributed by atoms with Gasteiger partial charge in [-0.15, -0.1) is 0 Å². The minimum Gasteiger partial charge on any atom is -0.306 e. The zero-order chi connectivity index (χ0) is 11.4. The maximum atomic E-state index is 13.2. The summed E-state index contributed by atoms with van der Waals surface area (Å²) in [7, 11) is 0. The van der Waals surface area contributed by atoms with E-state index >= 15 is 0 Å². The molecule has 0 aliphatic heterocycles. The number of halogens is 1. The molecule has 0 saturated heterocycles. The summed E-state index contributed by atoms with van der Waals surface area (Å²) in [5, 5.41) is 9.82. The Morgan fingerprint density at radius 3 is 2.81 bits per heavy atom. The molecule has 0 bridgehead atoms. The third-order valence-corrected chi connectivity index (χ3v) is 2.20. The summed E-state index contributed by atoms with van der Waals surface area (Å²) in [4.78, 5) is 4.14. The Hall–Kier alpha value is -1.75. The van der Waals surface area contributed by atoms with Gasteiger partial charge in [-0.3, -0.25) is 5.10 Å². The number of rotatable bonds is 4. The Morgan fingerprint density at radius 2 is 2.12 bits per heavy atom. The van der Waals surface area contributed by atoms with Crippen LogP contribution in [0.4, 0.5) is 4.39 Å². The highest BCUT2D eigenvalue weighted by Gasteiger charge is 2.02. The first kappa shape index (κ1) is 10.8. The van der Waals surface area contributed by atoms with Gasteiger partial charge in [-0.25, -0.2) is 9.37 Å². The summed E-state index contributed by atoms with van der Waals surface area (Å²) < 4.78 is 13.2. The highest BCUT2D eigenvalue weighted by atomic mass is 19.1. The van der Waals surface area contributed by atoms with Crippen LogP contribution in [0.15, 0.2) is 24.3 Å². The molecule has 0 saturated carbocycles. The molecule has 2 N–H and O–H groups in total. The molecule has 0 amide bonds. The maximum absolute atomic E-state index is 13.2. The fourth-order valence-corrected chi connectivity index (χ4v) is 1.42. The molecular weight excluding hydrogens is 207 g/mol. The first-order valence-corrected chi connectivity index (χ1v) is 5.07. The quantitative estimate of drug-likeness (QED) is 0.821. The predicted octanol–water partition coefficient (Wildman–Crippen LogP) is 1.54. The van der Waals surface area contributed by atoms with Gasteiger partial charge in [0.15, 0.2) is 5.82 Å². The van der Waals surface area contributed by atoms with Crippen LogP contribution in [0.1, 0.15) is 17.2 Å². The Bertz CT molecular complexity index is 467. The first-order chi connectivity index (χ1) is 7.75. The molecule has 1 aromatic carbocycles. The van der Waals surface area contributed by atoms with Gasteiger partial charge in [0.2, 0.25) is 0 Å². The van der Waals surface area contributed by atoms with Crippen molar-refractivity contribution in [3.8, 4) is 0 Å². The van der Waals surface area contributed by atoms with Crippen LogP contribution in [-0.4, -0.2) is 15.2 Å². The van der Waals surface area contributed by atoms with Crippen LogP contribution in [0.3, 0.4) is 0 Å². The normalized spacial score (nSPS) is 10.6. The van der Waals surface area contributed by atoms with Crippen molar-refractivity contribution in [3.63, 3.8) is 0 Å². The predicted molar refractivity (Wildman–Crippen MR) is 58.1 cm³/mol. The summed E-state index contributed by atoms with van der Waals surface area (Å²) in [5.41, 5.74) is 0.648. The number of aromatic nitrogens is 3. The zero-order valence-electron chi connectivity index (χ0n) is 9.00. The topological polar surface area (TPSA) is 53.6 Å². The number of hydrogen-bond donors (Lipinski definition) is 2. The fourth-order valence-electron chi connectivity index (χ4n) is 1.42. The molecule has 0 aliphatic carbocycles. The van der Waals surface area contributed by atoms with Crippen molar-refractivity contribution in [2.75, 3.05) is 0 Å². The summed E-state index contributed by atoms with van der Waals surface area (Å²) in [6.07, 6.45) is 0. The Labute approximate surface area is 92.9 Å². The molecule has 0 radical (unpaired) electrons. The largest absolute Gasteiger partial charge is 0.306 e. The summed E-state index contributed by atoms with van der Waals surface area (Å²) in [5.74, 6) is 1.28. The lowest BCUT2D eigenvalue weighted by atomic mass is 10.2. The SMILES string of the molecule is Cc1nc(CNCc2ccccc2F)n[nH]1. The van der Waals surface area contributed by atoms with Gasteiger partial charge in [0.1, 0.15) is 11.6 Å². The van der Waals surface area contributed by atoms with E-state index in [4.69, 9.17) is 0 Å².